The molecule has 1 fully saturated rings. The number of aliphatic hydroxyl groups is 2. The number of unbranched alkanes of at least 4 members (excludes halogenated alkanes) is 2. The first-order chi connectivity index (χ1) is 10.8. The second kappa shape index (κ2) is 8.76. The molecule has 1 unspecified atom stereocenters. The summed E-state index contributed by atoms with van der Waals surface area (Å²) in [5.41, 5.74) is 1.52. The Balaban J connectivity index is 1.99. The number of rotatable bonds is 8. The van der Waals surface area contributed by atoms with E-state index in [9.17, 15) is 9.90 Å². The van der Waals surface area contributed by atoms with Crippen LogP contribution in [-0.4, -0.2) is 53.4 Å². The van der Waals surface area contributed by atoms with Crippen molar-refractivity contribution in [2.24, 2.45) is 0 Å². The van der Waals surface area contributed by atoms with Gasteiger partial charge in [-0.2, -0.15) is 0 Å². The molecule has 1 aromatic carbocycles. The van der Waals surface area contributed by atoms with E-state index in [4.69, 9.17) is 5.11 Å². The van der Waals surface area contributed by atoms with E-state index < -0.39 is 0 Å². The quantitative estimate of drug-likeness (QED) is 0.641. The fourth-order valence-corrected chi connectivity index (χ4v) is 2.91. The highest BCUT2D eigenvalue weighted by atomic mass is 16.3. The van der Waals surface area contributed by atoms with Gasteiger partial charge in [0, 0.05) is 25.4 Å². The maximum atomic E-state index is 12.7. The zero-order chi connectivity index (χ0) is 15.8. The Morgan fingerprint density at radius 2 is 2.05 bits per heavy atom. The van der Waals surface area contributed by atoms with Crippen molar-refractivity contribution in [3.63, 3.8) is 0 Å². The number of amides is 1. The summed E-state index contributed by atoms with van der Waals surface area (Å²) in [6.45, 7) is 1.76. The van der Waals surface area contributed by atoms with E-state index in [0.717, 1.165) is 50.9 Å². The summed E-state index contributed by atoms with van der Waals surface area (Å²) >= 11 is 0. The van der Waals surface area contributed by atoms with E-state index >= 15 is 0 Å². The van der Waals surface area contributed by atoms with Crippen LogP contribution in [0.25, 0.3) is 0 Å². The van der Waals surface area contributed by atoms with Crippen molar-refractivity contribution in [3.05, 3.63) is 29.8 Å². The fraction of sp³-hybridized carbons (Fsp3) is 0.588. The van der Waals surface area contributed by atoms with Gasteiger partial charge < -0.3 is 20.4 Å². The molecule has 0 bridgehead atoms. The van der Waals surface area contributed by atoms with Gasteiger partial charge in [0.1, 0.15) is 0 Å². The molecular formula is C17H26N2O3. The van der Waals surface area contributed by atoms with Crippen molar-refractivity contribution in [2.45, 2.75) is 38.1 Å². The molecule has 1 heterocycles. The van der Waals surface area contributed by atoms with Crippen LogP contribution in [0.3, 0.4) is 0 Å². The maximum Gasteiger partial charge on any atom is 0.256 e. The summed E-state index contributed by atoms with van der Waals surface area (Å²) in [5, 5.41) is 21.5. The molecule has 22 heavy (non-hydrogen) atoms. The molecule has 1 aliphatic rings. The summed E-state index contributed by atoms with van der Waals surface area (Å²) in [7, 11) is 0. The Kier molecular flexibility index (Phi) is 6.68. The van der Waals surface area contributed by atoms with Crippen LogP contribution in [0.5, 0.6) is 0 Å². The molecule has 122 valence electrons. The third kappa shape index (κ3) is 4.21. The third-order valence-electron chi connectivity index (χ3n) is 4.16. The molecule has 0 aromatic heterocycles. The number of hydrogen-bond acceptors (Lipinski definition) is 4. The van der Waals surface area contributed by atoms with Crippen LogP contribution in [0.15, 0.2) is 24.3 Å². The number of hydrogen-bond donors (Lipinski definition) is 3. The third-order valence-corrected chi connectivity index (χ3v) is 4.16. The van der Waals surface area contributed by atoms with Crippen molar-refractivity contribution < 1.29 is 15.0 Å². The Hall–Kier alpha value is -1.59. The molecule has 5 heteroatoms. The lowest BCUT2D eigenvalue weighted by Crippen LogP contribution is -2.37. The van der Waals surface area contributed by atoms with Gasteiger partial charge in [-0.25, -0.2) is 0 Å². The summed E-state index contributed by atoms with van der Waals surface area (Å²) in [5.74, 6) is -0.00462. The maximum absolute atomic E-state index is 12.7. The predicted octanol–water partition coefficient (Wildman–Crippen LogP) is 1.86. The van der Waals surface area contributed by atoms with Gasteiger partial charge in [-0.15, -0.1) is 0 Å². The Labute approximate surface area is 131 Å². The Morgan fingerprint density at radius 1 is 1.23 bits per heavy atom. The number of likely N-dealkylation sites (tertiary alicyclic amines) is 1. The van der Waals surface area contributed by atoms with Gasteiger partial charge >= 0.3 is 0 Å². The minimum atomic E-state index is -0.0508. The smallest absolute Gasteiger partial charge is 0.256 e. The number of benzene rings is 1. The zero-order valence-corrected chi connectivity index (χ0v) is 13.0. The summed E-state index contributed by atoms with van der Waals surface area (Å²) in [4.78, 5) is 14.5. The standard InChI is InChI=1S/C17H26N2O3/c20-12-5-1-4-10-18-16-9-3-2-8-15(16)17(22)19-11-6-7-14(19)13-21/h2-3,8-9,14,18,20-21H,1,4-7,10-13H2. The van der Waals surface area contributed by atoms with E-state index in [1.165, 1.54) is 0 Å². The van der Waals surface area contributed by atoms with Crippen molar-refractivity contribution in [1.29, 1.82) is 0 Å². The number of nitrogens with zero attached hydrogens (tertiary/aromatic N) is 1. The van der Waals surface area contributed by atoms with Crippen LogP contribution < -0.4 is 5.32 Å². The second-order valence-electron chi connectivity index (χ2n) is 5.73. The molecule has 1 atom stereocenters. The lowest BCUT2D eigenvalue weighted by Gasteiger charge is -2.24. The predicted molar refractivity (Wildman–Crippen MR) is 87.0 cm³/mol. The first-order valence-electron chi connectivity index (χ1n) is 8.13. The topological polar surface area (TPSA) is 72.8 Å². The largest absolute Gasteiger partial charge is 0.396 e. The van der Waals surface area contributed by atoms with Gasteiger partial charge in [0.2, 0.25) is 0 Å². The first-order valence-corrected chi connectivity index (χ1v) is 8.13. The first kappa shape index (κ1) is 16.8. The van der Waals surface area contributed by atoms with E-state index in [2.05, 4.69) is 5.32 Å². The van der Waals surface area contributed by atoms with E-state index in [0.29, 0.717) is 5.56 Å². The molecule has 1 saturated heterocycles. The summed E-state index contributed by atoms with van der Waals surface area (Å²) in [6.07, 6.45) is 4.57. The molecule has 0 saturated carbocycles. The molecule has 0 radical (unpaired) electrons. The van der Waals surface area contributed by atoms with Crippen molar-refractivity contribution in [3.8, 4) is 0 Å². The van der Waals surface area contributed by atoms with Gasteiger partial charge in [0.05, 0.1) is 18.2 Å². The highest BCUT2D eigenvalue weighted by molar-refractivity contribution is 5.99. The van der Waals surface area contributed by atoms with Gasteiger partial charge in [-0.05, 0) is 44.2 Å². The van der Waals surface area contributed by atoms with Crippen LogP contribution in [0, 0.1) is 0 Å². The Morgan fingerprint density at radius 3 is 2.82 bits per heavy atom. The average molecular weight is 306 g/mol. The van der Waals surface area contributed by atoms with Gasteiger partial charge in [-0.3, -0.25) is 4.79 Å². The number of carbonyl (C=O) groups excluding carboxylic acids is 1. The Bertz CT molecular complexity index is 479. The van der Waals surface area contributed by atoms with Crippen LogP contribution in [0.1, 0.15) is 42.5 Å². The molecule has 2 rings (SSSR count). The van der Waals surface area contributed by atoms with Crippen molar-refractivity contribution in [1.82, 2.24) is 4.90 Å². The normalized spacial score (nSPS) is 17.7. The molecule has 5 nitrogen and oxygen atoms in total. The molecule has 0 aliphatic carbocycles. The van der Waals surface area contributed by atoms with Crippen LogP contribution >= 0.6 is 0 Å². The fourth-order valence-electron chi connectivity index (χ4n) is 2.91. The molecule has 3 N–H and O–H groups in total. The molecular weight excluding hydrogens is 280 g/mol. The SMILES string of the molecule is O=C(c1ccccc1NCCCCCO)N1CCCC1CO. The number of aliphatic hydroxyl groups excluding tert-OH is 2. The summed E-state index contributed by atoms with van der Waals surface area (Å²) < 4.78 is 0. The van der Waals surface area contributed by atoms with Crippen molar-refractivity contribution in [2.75, 3.05) is 31.6 Å². The lowest BCUT2D eigenvalue weighted by molar-refractivity contribution is 0.0678. The zero-order valence-electron chi connectivity index (χ0n) is 13.0. The lowest BCUT2D eigenvalue weighted by atomic mass is 10.1. The van der Waals surface area contributed by atoms with Gasteiger partial charge in [0.25, 0.3) is 5.91 Å². The van der Waals surface area contributed by atoms with E-state index in [1.54, 1.807) is 4.90 Å². The van der Waals surface area contributed by atoms with E-state index in [1.807, 2.05) is 24.3 Å². The highest BCUT2D eigenvalue weighted by Gasteiger charge is 2.29. The number of carbonyl (C=O) groups is 1. The van der Waals surface area contributed by atoms with Crippen LogP contribution in [-0.2, 0) is 0 Å². The molecule has 1 aromatic rings. The van der Waals surface area contributed by atoms with Crippen LogP contribution in [0.4, 0.5) is 5.69 Å². The van der Waals surface area contributed by atoms with E-state index in [-0.39, 0.29) is 25.2 Å². The monoisotopic (exact) mass is 306 g/mol. The molecule has 1 aliphatic heterocycles. The minimum absolute atomic E-state index is 0.00462. The highest BCUT2D eigenvalue weighted by Crippen LogP contribution is 2.23. The van der Waals surface area contributed by atoms with Crippen molar-refractivity contribution >= 4 is 11.6 Å². The number of nitrogens with one attached hydrogen (secondary N) is 1. The van der Waals surface area contributed by atoms with Gasteiger partial charge in [-0.1, -0.05) is 12.1 Å². The minimum Gasteiger partial charge on any atom is -0.396 e. The van der Waals surface area contributed by atoms with Gasteiger partial charge in [0.15, 0.2) is 0 Å². The van der Waals surface area contributed by atoms with Crippen LogP contribution in [0.2, 0.25) is 0 Å². The molecule has 0 spiro atoms. The molecule has 1 amide bonds. The second-order valence-corrected chi connectivity index (χ2v) is 5.73. The summed E-state index contributed by atoms with van der Waals surface area (Å²) in [6, 6.07) is 7.49. The number of para-hydroxylation sites is 1. The average Bonchev–Trinajstić information content (AvgIpc) is 3.03. The number of anilines is 1.